The Labute approximate surface area is 183 Å². The second kappa shape index (κ2) is 15.5. The van der Waals surface area contributed by atoms with Crippen molar-refractivity contribution in [3.63, 3.8) is 0 Å². The van der Waals surface area contributed by atoms with Crippen LogP contribution in [0.2, 0.25) is 0 Å². The molecule has 0 bridgehead atoms. The third kappa shape index (κ3) is 8.10. The molecule has 0 saturated carbocycles. The molecule has 0 atom stereocenters. The maximum atomic E-state index is 5.26. The van der Waals surface area contributed by atoms with Crippen LogP contribution in [0.1, 0.15) is 12.8 Å². The Morgan fingerprint density at radius 3 is 1.11 bits per heavy atom. The molecule has 0 N–H and O–H groups in total. The molecule has 0 aromatic heterocycles. The molecule has 2 aliphatic rings. The molecule has 2 rings (SSSR count). The second-order valence-corrected chi connectivity index (χ2v) is 14.3. The molecule has 0 radical (unpaired) electrons. The minimum atomic E-state index is -2.57. The molecule has 0 heterocycles. The molecular formula is C16H26Cl2O6Si2Zr. The zero-order valence-electron chi connectivity index (χ0n) is 16.4. The average Bonchev–Trinajstić information content (AvgIpc) is 3.42. The van der Waals surface area contributed by atoms with Gasteiger partial charge < -0.3 is 26.6 Å². The van der Waals surface area contributed by atoms with E-state index in [0.717, 1.165) is 23.2 Å². The molecule has 11 heteroatoms. The van der Waals surface area contributed by atoms with Crippen LogP contribution in [0, 0.1) is 12.2 Å². The van der Waals surface area contributed by atoms with Crippen molar-refractivity contribution in [1.82, 2.24) is 0 Å². The summed E-state index contributed by atoms with van der Waals surface area (Å²) in [6, 6.07) is 0. The normalized spacial score (nSPS) is 15.3. The van der Waals surface area contributed by atoms with E-state index in [1.54, 1.807) is 42.7 Å². The molecule has 0 amide bonds. The van der Waals surface area contributed by atoms with Gasteiger partial charge in [-0.15, -0.1) is 12.8 Å². The van der Waals surface area contributed by atoms with E-state index in [4.69, 9.17) is 43.6 Å². The average molecular weight is 533 g/mol. The fourth-order valence-corrected chi connectivity index (χ4v) is 5.99. The number of hydrogen-bond acceptors (Lipinski definition) is 6. The second-order valence-electron chi connectivity index (χ2n) is 4.80. The van der Waals surface area contributed by atoms with Crippen molar-refractivity contribution >= 4 is 34.6 Å². The topological polar surface area (TPSA) is 55.4 Å². The van der Waals surface area contributed by atoms with Crippen molar-refractivity contribution in [3.8, 4) is 0 Å². The van der Waals surface area contributed by atoms with Crippen molar-refractivity contribution in [3.05, 3.63) is 46.8 Å². The van der Waals surface area contributed by atoms with Crippen molar-refractivity contribution in [1.29, 1.82) is 0 Å². The molecule has 0 saturated heterocycles. The molecule has 0 spiro atoms. The van der Waals surface area contributed by atoms with Crippen molar-refractivity contribution < 1.29 is 47.4 Å². The van der Waals surface area contributed by atoms with Gasteiger partial charge in [-0.3, -0.25) is 12.2 Å². The first kappa shape index (κ1) is 27.6. The van der Waals surface area contributed by atoms with Gasteiger partial charge in [-0.2, -0.15) is 22.5 Å². The van der Waals surface area contributed by atoms with Crippen LogP contribution in [0.5, 0.6) is 0 Å². The third-order valence-electron chi connectivity index (χ3n) is 3.66. The molecule has 0 aromatic rings. The number of hydrogen-bond donors (Lipinski definition) is 0. The Kier molecular flexibility index (Phi) is 15.8. The Morgan fingerprint density at radius 1 is 0.704 bits per heavy atom. The molecule has 27 heavy (non-hydrogen) atoms. The van der Waals surface area contributed by atoms with E-state index in [2.05, 4.69) is 12.2 Å². The van der Waals surface area contributed by atoms with Gasteiger partial charge in [0.15, 0.2) is 0 Å². The summed E-state index contributed by atoms with van der Waals surface area (Å²) >= 11 is -0.826. The summed E-state index contributed by atoms with van der Waals surface area (Å²) in [5.74, 6) is 0. The maximum absolute atomic E-state index is 5.26. The molecule has 152 valence electrons. The first-order valence-electron chi connectivity index (χ1n) is 7.82. The summed E-state index contributed by atoms with van der Waals surface area (Å²) in [4.78, 5) is 0. The van der Waals surface area contributed by atoms with Gasteiger partial charge in [0, 0.05) is 42.7 Å². The predicted molar refractivity (Wildman–Crippen MR) is 106 cm³/mol. The first-order valence-corrected chi connectivity index (χ1v) is 17.6. The molecule has 0 aromatic carbocycles. The Morgan fingerprint density at radius 2 is 0.963 bits per heavy atom. The van der Waals surface area contributed by atoms with Gasteiger partial charge in [0.1, 0.15) is 0 Å². The van der Waals surface area contributed by atoms with Crippen LogP contribution in [0.15, 0.2) is 34.7 Å². The predicted octanol–water partition coefficient (Wildman–Crippen LogP) is 3.56. The fraction of sp³-hybridized carbons (Fsp3) is 0.500. The van der Waals surface area contributed by atoms with Crippen LogP contribution in [0.25, 0.3) is 0 Å². The summed E-state index contributed by atoms with van der Waals surface area (Å²) in [7, 11) is 14.3. The van der Waals surface area contributed by atoms with Crippen LogP contribution in [0.3, 0.4) is 0 Å². The van der Waals surface area contributed by atoms with E-state index in [-0.39, 0.29) is 0 Å². The van der Waals surface area contributed by atoms with Gasteiger partial charge in [-0.1, -0.05) is 0 Å². The Balaban J connectivity index is 0.000000438. The van der Waals surface area contributed by atoms with Crippen LogP contribution in [-0.2, 0) is 47.4 Å². The summed E-state index contributed by atoms with van der Waals surface area (Å²) in [5.41, 5.74) is 0. The zero-order valence-corrected chi connectivity index (χ0v) is 22.4. The molecular weight excluding hydrogens is 506 g/mol. The fourth-order valence-electron chi connectivity index (χ4n) is 2.39. The van der Waals surface area contributed by atoms with Crippen molar-refractivity contribution in [2.45, 2.75) is 12.8 Å². The van der Waals surface area contributed by atoms with E-state index in [9.17, 15) is 0 Å². The van der Waals surface area contributed by atoms with Crippen LogP contribution in [0.4, 0.5) is 0 Å². The SMILES string of the molecule is CO[Si](OC)(OC)C1=[C-]CC=C1.CO[Si](OC)(OC)C1=[C-]CC=C1.[Cl][Zr+2][Cl]. The summed E-state index contributed by atoms with van der Waals surface area (Å²) in [6.07, 6.45) is 15.8. The third-order valence-corrected chi connectivity index (χ3v) is 8.89. The molecule has 0 fully saturated rings. The van der Waals surface area contributed by atoms with Gasteiger partial charge in [0.2, 0.25) is 0 Å². The Hall–Kier alpha value is 0.617. The summed E-state index contributed by atoms with van der Waals surface area (Å²) in [6.45, 7) is 0. The Bertz CT molecular complexity index is 472. The van der Waals surface area contributed by atoms with Gasteiger partial charge in [-0.05, 0) is 0 Å². The number of halogens is 2. The monoisotopic (exact) mass is 530 g/mol. The molecule has 2 aliphatic carbocycles. The van der Waals surface area contributed by atoms with Crippen LogP contribution < -0.4 is 0 Å². The van der Waals surface area contributed by atoms with Crippen molar-refractivity contribution in [2.75, 3.05) is 42.7 Å². The summed E-state index contributed by atoms with van der Waals surface area (Å²) < 4.78 is 31.6. The number of allylic oxidation sites excluding steroid dienone is 8. The van der Waals surface area contributed by atoms with Crippen LogP contribution >= 0.6 is 17.0 Å². The molecule has 6 nitrogen and oxygen atoms in total. The van der Waals surface area contributed by atoms with Gasteiger partial charge >= 0.3 is 55.5 Å². The van der Waals surface area contributed by atoms with Gasteiger partial charge in [0.25, 0.3) is 0 Å². The molecule has 0 unspecified atom stereocenters. The van der Waals surface area contributed by atoms with E-state index >= 15 is 0 Å². The zero-order chi connectivity index (χ0) is 20.8. The van der Waals surface area contributed by atoms with E-state index in [1.165, 1.54) is 0 Å². The van der Waals surface area contributed by atoms with Crippen LogP contribution in [-0.4, -0.2) is 60.3 Å². The van der Waals surface area contributed by atoms with E-state index in [1.807, 2.05) is 24.3 Å². The number of rotatable bonds is 8. The minimum absolute atomic E-state index is 0.820. The van der Waals surface area contributed by atoms with E-state index < -0.39 is 38.5 Å². The summed E-state index contributed by atoms with van der Waals surface area (Å²) in [5, 5.41) is 1.85. The van der Waals surface area contributed by atoms with Crippen molar-refractivity contribution in [2.24, 2.45) is 0 Å². The van der Waals surface area contributed by atoms with Gasteiger partial charge in [0.05, 0.1) is 0 Å². The first-order chi connectivity index (χ1) is 13.0. The quantitative estimate of drug-likeness (QED) is 0.352. The van der Waals surface area contributed by atoms with E-state index in [0.29, 0.717) is 0 Å². The van der Waals surface area contributed by atoms with Gasteiger partial charge in [-0.25, -0.2) is 12.2 Å². The molecule has 0 aliphatic heterocycles. The standard InChI is InChI=1S/2C8H13O3Si.2ClH.Zr/c2*1-9-12(10-2,11-3)8-6-4-5-7-8;;;/h2*4,6H,5H2,1-3H3;2*1H;/q2*-1;;;+4/p-2.